The molecule has 1 aromatic heterocycles. The van der Waals surface area contributed by atoms with Crippen LogP contribution in [0.5, 0.6) is 0 Å². The Labute approximate surface area is 126 Å². The Bertz CT molecular complexity index is 596. The van der Waals surface area contributed by atoms with Crippen molar-refractivity contribution in [2.45, 2.75) is 71.6 Å². The highest BCUT2D eigenvalue weighted by Crippen LogP contribution is 2.38. The van der Waals surface area contributed by atoms with Crippen LogP contribution < -0.4 is 0 Å². The summed E-state index contributed by atoms with van der Waals surface area (Å²) in [6, 6.07) is 4.56. The van der Waals surface area contributed by atoms with Gasteiger partial charge in [-0.1, -0.05) is 60.1 Å². The van der Waals surface area contributed by atoms with Crippen LogP contribution in [0.25, 0.3) is 11.0 Å². The van der Waals surface area contributed by atoms with Crippen LogP contribution >= 0.6 is 11.7 Å². The summed E-state index contributed by atoms with van der Waals surface area (Å²) in [6.07, 6.45) is 3.47. The first-order valence-corrected chi connectivity index (χ1v) is 8.32. The standard InChI is InChI=1S/C17H26N2S/c1-7-11-17(5,6)13-10-9-12(16(3,4)8-2)14-15(13)19-20-18-14/h9-10H,7-8,11H2,1-6H3. The molecule has 0 saturated carbocycles. The van der Waals surface area contributed by atoms with Crippen molar-refractivity contribution >= 4 is 22.8 Å². The lowest BCUT2D eigenvalue weighted by atomic mass is 9.76. The van der Waals surface area contributed by atoms with E-state index >= 15 is 0 Å². The van der Waals surface area contributed by atoms with Crippen molar-refractivity contribution in [1.29, 1.82) is 0 Å². The lowest BCUT2D eigenvalue weighted by Crippen LogP contribution is -2.20. The first kappa shape index (κ1) is 15.4. The molecule has 2 aromatic rings. The molecule has 0 amide bonds. The molecule has 110 valence electrons. The molecular weight excluding hydrogens is 264 g/mol. The third-order valence-corrected chi connectivity index (χ3v) is 5.16. The largest absolute Gasteiger partial charge is 0.173 e. The first-order chi connectivity index (χ1) is 9.33. The molecule has 0 fully saturated rings. The zero-order chi connectivity index (χ0) is 15.0. The lowest BCUT2D eigenvalue weighted by Gasteiger charge is -2.28. The molecule has 2 nitrogen and oxygen atoms in total. The molecule has 0 N–H and O–H groups in total. The monoisotopic (exact) mass is 290 g/mol. The zero-order valence-corrected chi connectivity index (χ0v) is 14.4. The first-order valence-electron chi connectivity index (χ1n) is 7.59. The fraction of sp³-hybridized carbons (Fsp3) is 0.647. The third-order valence-electron chi connectivity index (χ3n) is 4.63. The lowest BCUT2D eigenvalue weighted by molar-refractivity contribution is 0.475. The molecule has 0 saturated heterocycles. The number of hydrogen-bond acceptors (Lipinski definition) is 3. The molecule has 0 spiro atoms. The van der Waals surface area contributed by atoms with Gasteiger partial charge >= 0.3 is 0 Å². The SMILES string of the molecule is CCCC(C)(C)c1ccc(C(C)(C)CC)c2nsnc12. The van der Waals surface area contributed by atoms with Gasteiger partial charge in [0.15, 0.2) is 0 Å². The Balaban J connectivity index is 2.64. The van der Waals surface area contributed by atoms with Gasteiger partial charge in [0.25, 0.3) is 0 Å². The van der Waals surface area contributed by atoms with E-state index in [0.29, 0.717) is 0 Å². The van der Waals surface area contributed by atoms with Crippen molar-refractivity contribution in [3.05, 3.63) is 23.3 Å². The maximum atomic E-state index is 4.61. The summed E-state index contributed by atoms with van der Waals surface area (Å²) in [7, 11) is 0. The normalized spacial score (nSPS) is 13.1. The highest BCUT2D eigenvalue weighted by molar-refractivity contribution is 7.00. The van der Waals surface area contributed by atoms with Crippen LogP contribution in [0.1, 0.15) is 71.9 Å². The Hall–Kier alpha value is -0.960. The molecule has 2 rings (SSSR count). The number of nitrogens with zero attached hydrogens (tertiary/aromatic N) is 2. The molecule has 0 unspecified atom stereocenters. The molecule has 0 aliphatic heterocycles. The Morgan fingerprint density at radius 3 is 1.85 bits per heavy atom. The zero-order valence-electron chi connectivity index (χ0n) is 13.6. The van der Waals surface area contributed by atoms with Crippen molar-refractivity contribution in [3.63, 3.8) is 0 Å². The fourth-order valence-corrected chi connectivity index (χ4v) is 3.48. The topological polar surface area (TPSA) is 25.8 Å². The molecule has 0 aliphatic rings. The number of aromatic nitrogens is 2. The average Bonchev–Trinajstić information content (AvgIpc) is 2.86. The Morgan fingerprint density at radius 2 is 1.40 bits per heavy atom. The number of benzene rings is 1. The summed E-state index contributed by atoms with van der Waals surface area (Å²) in [5, 5.41) is 0. The van der Waals surface area contributed by atoms with E-state index in [9.17, 15) is 0 Å². The summed E-state index contributed by atoms with van der Waals surface area (Å²) in [6.45, 7) is 13.7. The summed E-state index contributed by atoms with van der Waals surface area (Å²) in [4.78, 5) is 0. The average molecular weight is 290 g/mol. The van der Waals surface area contributed by atoms with Crippen LogP contribution in [0.15, 0.2) is 12.1 Å². The molecule has 1 aromatic carbocycles. The fourth-order valence-electron chi connectivity index (χ4n) is 2.91. The predicted molar refractivity (Wildman–Crippen MR) is 88.7 cm³/mol. The summed E-state index contributed by atoms with van der Waals surface area (Å²) >= 11 is 1.34. The minimum absolute atomic E-state index is 0.154. The van der Waals surface area contributed by atoms with Crippen molar-refractivity contribution < 1.29 is 0 Å². The van der Waals surface area contributed by atoms with Crippen LogP contribution in [0.2, 0.25) is 0 Å². The second-order valence-electron chi connectivity index (χ2n) is 6.99. The quantitative estimate of drug-likeness (QED) is 0.731. The number of rotatable bonds is 5. The van der Waals surface area contributed by atoms with E-state index in [4.69, 9.17) is 0 Å². The van der Waals surface area contributed by atoms with E-state index < -0.39 is 0 Å². The maximum absolute atomic E-state index is 4.61. The van der Waals surface area contributed by atoms with E-state index in [0.717, 1.165) is 17.5 Å². The van der Waals surface area contributed by atoms with Gasteiger partial charge in [0.05, 0.1) is 11.7 Å². The molecule has 0 atom stereocenters. The van der Waals surface area contributed by atoms with Gasteiger partial charge in [-0.15, -0.1) is 0 Å². The Kier molecular flexibility index (Phi) is 4.19. The van der Waals surface area contributed by atoms with Gasteiger partial charge in [-0.2, -0.15) is 8.75 Å². The number of hydrogen-bond donors (Lipinski definition) is 0. The van der Waals surface area contributed by atoms with E-state index in [1.165, 1.54) is 35.7 Å². The van der Waals surface area contributed by atoms with Crippen molar-refractivity contribution in [2.75, 3.05) is 0 Å². The molecule has 3 heteroatoms. The van der Waals surface area contributed by atoms with Crippen LogP contribution in [0.3, 0.4) is 0 Å². The van der Waals surface area contributed by atoms with Crippen molar-refractivity contribution in [3.8, 4) is 0 Å². The second kappa shape index (κ2) is 5.44. The molecular formula is C17H26N2S. The van der Waals surface area contributed by atoms with E-state index in [1.54, 1.807) is 0 Å². The van der Waals surface area contributed by atoms with E-state index in [-0.39, 0.29) is 10.8 Å². The predicted octanol–water partition coefficient (Wildman–Crippen LogP) is 5.46. The summed E-state index contributed by atoms with van der Waals surface area (Å²) in [5.74, 6) is 0. The van der Waals surface area contributed by atoms with E-state index in [2.05, 4.69) is 62.4 Å². The van der Waals surface area contributed by atoms with Crippen LogP contribution in [0, 0.1) is 0 Å². The van der Waals surface area contributed by atoms with Crippen LogP contribution in [-0.4, -0.2) is 8.75 Å². The summed E-state index contributed by atoms with van der Waals surface area (Å²) in [5.41, 5.74) is 5.23. The highest BCUT2D eigenvalue weighted by Gasteiger charge is 2.28. The second-order valence-corrected chi connectivity index (χ2v) is 7.52. The van der Waals surface area contributed by atoms with Gasteiger partial charge in [0.1, 0.15) is 11.0 Å². The van der Waals surface area contributed by atoms with Gasteiger partial charge in [0, 0.05) is 0 Å². The smallest absolute Gasteiger partial charge is 0.108 e. The molecule has 1 heterocycles. The minimum Gasteiger partial charge on any atom is -0.173 e. The Morgan fingerprint density at radius 1 is 0.900 bits per heavy atom. The van der Waals surface area contributed by atoms with Gasteiger partial charge in [-0.05, 0) is 34.8 Å². The van der Waals surface area contributed by atoms with Gasteiger partial charge in [-0.25, -0.2) is 0 Å². The van der Waals surface area contributed by atoms with E-state index in [1.807, 2.05) is 0 Å². The van der Waals surface area contributed by atoms with Crippen LogP contribution in [-0.2, 0) is 10.8 Å². The minimum atomic E-state index is 0.154. The number of fused-ring (bicyclic) bond motifs is 1. The van der Waals surface area contributed by atoms with Crippen molar-refractivity contribution in [1.82, 2.24) is 8.75 Å². The summed E-state index contributed by atoms with van der Waals surface area (Å²) < 4.78 is 9.20. The van der Waals surface area contributed by atoms with Crippen molar-refractivity contribution in [2.24, 2.45) is 0 Å². The van der Waals surface area contributed by atoms with Gasteiger partial charge in [-0.3, -0.25) is 0 Å². The molecule has 0 bridgehead atoms. The molecule has 0 radical (unpaired) electrons. The molecule has 0 aliphatic carbocycles. The maximum Gasteiger partial charge on any atom is 0.108 e. The third kappa shape index (κ3) is 2.60. The van der Waals surface area contributed by atoms with Gasteiger partial charge in [0.2, 0.25) is 0 Å². The van der Waals surface area contributed by atoms with Gasteiger partial charge < -0.3 is 0 Å². The van der Waals surface area contributed by atoms with Crippen LogP contribution in [0.4, 0.5) is 0 Å². The molecule has 20 heavy (non-hydrogen) atoms. The highest BCUT2D eigenvalue weighted by atomic mass is 32.1.